The van der Waals surface area contributed by atoms with Crippen LogP contribution in [0.5, 0.6) is 0 Å². The molecule has 0 saturated carbocycles. The average molecular weight is 344 g/mol. The molecule has 8 heteroatoms. The van der Waals surface area contributed by atoms with Crippen molar-refractivity contribution in [3.8, 4) is 11.1 Å². The summed E-state index contributed by atoms with van der Waals surface area (Å²) in [7, 11) is 0. The number of hydrogen-bond acceptors (Lipinski definition) is 3. The van der Waals surface area contributed by atoms with Crippen LogP contribution >= 0.6 is 0 Å². The standard InChI is InChI=1S/C16H13F5N2O/c17-10-6-12(19)11(18)5-9(10)8-2-4-23-15(14(8)22)13-1-3-16(20,21)7-24-13/h2,4-6,13H,1,3,7,22H2. The van der Waals surface area contributed by atoms with Crippen molar-refractivity contribution in [3.63, 3.8) is 0 Å². The van der Waals surface area contributed by atoms with Crippen LogP contribution in [0.3, 0.4) is 0 Å². The fourth-order valence-corrected chi connectivity index (χ4v) is 2.65. The van der Waals surface area contributed by atoms with E-state index in [1.54, 1.807) is 0 Å². The van der Waals surface area contributed by atoms with Gasteiger partial charge in [0.15, 0.2) is 11.6 Å². The maximum Gasteiger partial charge on any atom is 0.271 e. The number of pyridine rings is 1. The van der Waals surface area contributed by atoms with E-state index in [2.05, 4.69) is 4.98 Å². The SMILES string of the molecule is Nc1c(-c2cc(F)c(F)cc2F)ccnc1C1CCC(F)(F)CO1. The first-order chi connectivity index (χ1) is 11.3. The fourth-order valence-electron chi connectivity index (χ4n) is 2.65. The maximum absolute atomic E-state index is 14.0. The van der Waals surface area contributed by atoms with Crippen molar-refractivity contribution in [1.82, 2.24) is 4.98 Å². The van der Waals surface area contributed by atoms with E-state index in [9.17, 15) is 22.0 Å². The van der Waals surface area contributed by atoms with E-state index in [0.717, 1.165) is 0 Å². The predicted molar refractivity (Wildman–Crippen MR) is 76.8 cm³/mol. The molecule has 2 heterocycles. The van der Waals surface area contributed by atoms with E-state index in [1.807, 2.05) is 0 Å². The number of rotatable bonds is 2. The molecule has 0 spiro atoms. The molecule has 3 nitrogen and oxygen atoms in total. The van der Waals surface area contributed by atoms with Crippen molar-refractivity contribution in [2.45, 2.75) is 24.9 Å². The van der Waals surface area contributed by atoms with E-state index in [-0.39, 0.29) is 35.3 Å². The number of benzene rings is 1. The van der Waals surface area contributed by atoms with Gasteiger partial charge in [-0.15, -0.1) is 0 Å². The largest absolute Gasteiger partial charge is 0.397 e. The van der Waals surface area contributed by atoms with Crippen molar-refractivity contribution in [2.75, 3.05) is 12.3 Å². The Morgan fingerprint density at radius 1 is 1.08 bits per heavy atom. The third-order valence-electron chi connectivity index (χ3n) is 3.89. The lowest BCUT2D eigenvalue weighted by Gasteiger charge is -2.29. The summed E-state index contributed by atoms with van der Waals surface area (Å²) in [6.07, 6.45) is 0.131. The number of anilines is 1. The van der Waals surface area contributed by atoms with E-state index in [0.29, 0.717) is 12.1 Å². The number of ether oxygens (including phenoxy) is 1. The molecule has 1 saturated heterocycles. The molecule has 3 rings (SSSR count). The van der Waals surface area contributed by atoms with Crippen LogP contribution in [0, 0.1) is 17.5 Å². The topological polar surface area (TPSA) is 48.1 Å². The normalized spacial score (nSPS) is 20.1. The highest BCUT2D eigenvalue weighted by molar-refractivity contribution is 5.78. The van der Waals surface area contributed by atoms with Crippen molar-refractivity contribution in [3.05, 3.63) is 47.5 Å². The van der Waals surface area contributed by atoms with Crippen LogP contribution in [0.4, 0.5) is 27.6 Å². The Morgan fingerprint density at radius 2 is 1.79 bits per heavy atom. The van der Waals surface area contributed by atoms with Gasteiger partial charge in [-0.2, -0.15) is 0 Å². The van der Waals surface area contributed by atoms with Crippen molar-refractivity contribution < 1.29 is 26.7 Å². The highest BCUT2D eigenvalue weighted by Gasteiger charge is 2.37. The number of nitrogen functional groups attached to an aromatic ring is 1. The quantitative estimate of drug-likeness (QED) is 0.655. The van der Waals surface area contributed by atoms with Gasteiger partial charge in [0.25, 0.3) is 5.92 Å². The van der Waals surface area contributed by atoms with E-state index in [1.165, 1.54) is 12.3 Å². The molecular formula is C16H13F5N2O. The molecule has 1 fully saturated rings. The second-order valence-corrected chi connectivity index (χ2v) is 5.60. The Hall–Kier alpha value is -2.22. The highest BCUT2D eigenvalue weighted by atomic mass is 19.3. The Balaban J connectivity index is 1.99. The number of nitrogens with zero attached hydrogens (tertiary/aromatic N) is 1. The Kier molecular flexibility index (Phi) is 4.16. The van der Waals surface area contributed by atoms with Crippen LogP contribution in [0.25, 0.3) is 11.1 Å². The molecule has 1 aromatic carbocycles. The van der Waals surface area contributed by atoms with Crippen LogP contribution in [0.15, 0.2) is 24.4 Å². The van der Waals surface area contributed by atoms with Gasteiger partial charge in [0, 0.05) is 29.8 Å². The van der Waals surface area contributed by atoms with Crippen molar-refractivity contribution in [2.24, 2.45) is 0 Å². The number of halogens is 5. The molecule has 1 aromatic heterocycles. The first kappa shape index (κ1) is 16.6. The van der Waals surface area contributed by atoms with Crippen LogP contribution < -0.4 is 5.73 Å². The predicted octanol–water partition coefficient (Wildman–Crippen LogP) is 4.23. The number of nitrogens with two attached hydrogens (primary N) is 1. The minimum Gasteiger partial charge on any atom is -0.397 e. The summed E-state index contributed by atoms with van der Waals surface area (Å²) >= 11 is 0. The third-order valence-corrected chi connectivity index (χ3v) is 3.89. The van der Waals surface area contributed by atoms with Gasteiger partial charge in [0.1, 0.15) is 18.5 Å². The molecule has 128 valence electrons. The van der Waals surface area contributed by atoms with Crippen LogP contribution in [-0.2, 0) is 4.74 Å². The summed E-state index contributed by atoms with van der Waals surface area (Å²) in [6, 6.07) is 2.45. The van der Waals surface area contributed by atoms with E-state index < -0.39 is 36.1 Å². The molecule has 24 heavy (non-hydrogen) atoms. The van der Waals surface area contributed by atoms with E-state index in [4.69, 9.17) is 10.5 Å². The Labute approximate surface area is 134 Å². The highest BCUT2D eigenvalue weighted by Crippen LogP contribution is 2.39. The lowest BCUT2D eigenvalue weighted by Crippen LogP contribution is -2.31. The van der Waals surface area contributed by atoms with Gasteiger partial charge in [-0.1, -0.05) is 0 Å². The number of hydrogen-bond donors (Lipinski definition) is 1. The minimum atomic E-state index is -2.91. The Morgan fingerprint density at radius 3 is 2.46 bits per heavy atom. The molecule has 0 aliphatic carbocycles. The first-order valence-electron chi connectivity index (χ1n) is 7.17. The molecule has 1 aliphatic rings. The second kappa shape index (κ2) is 6.01. The molecule has 0 bridgehead atoms. The second-order valence-electron chi connectivity index (χ2n) is 5.60. The van der Waals surface area contributed by atoms with Crippen molar-refractivity contribution in [1.29, 1.82) is 0 Å². The number of alkyl halides is 2. The van der Waals surface area contributed by atoms with Gasteiger partial charge in [0.05, 0.1) is 11.4 Å². The van der Waals surface area contributed by atoms with Crippen LogP contribution in [-0.4, -0.2) is 17.5 Å². The lowest BCUT2D eigenvalue weighted by atomic mass is 9.97. The summed E-state index contributed by atoms with van der Waals surface area (Å²) in [4.78, 5) is 4.02. The molecule has 1 unspecified atom stereocenters. The summed E-state index contributed by atoms with van der Waals surface area (Å²) in [5.74, 6) is -6.44. The first-order valence-corrected chi connectivity index (χ1v) is 7.17. The molecule has 1 atom stereocenters. The molecule has 0 radical (unpaired) electrons. The zero-order valence-electron chi connectivity index (χ0n) is 12.3. The zero-order valence-corrected chi connectivity index (χ0v) is 12.3. The zero-order chi connectivity index (χ0) is 17.5. The average Bonchev–Trinajstić information content (AvgIpc) is 2.52. The minimum absolute atomic E-state index is 0.00604. The summed E-state index contributed by atoms with van der Waals surface area (Å²) in [5, 5.41) is 0. The van der Waals surface area contributed by atoms with Gasteiger partial charge in [0.2, 0.25) is 0 Å². The third kappa shape index (κ3) is 3.06. The molecule has 1 aliphatic heterocycles. The smallest absolute Gasteiger partial charge is 0.271 e. The van der Waals surface area contributed by atoms with Crippen LogP contribution in [0.1, 0.15) is 24.6 Å². The van der Waals surface area contributed by atoms with Gasteiger partial charge >= 0.3 is 0 Å². The fraction of sp³-hybridized carbons (Fsp3) is 0.312. The number of aromatic nitrogens is 1. The molecule has 2 aromatic rings. The molecule has 0 amide bonds. The molecular weight excluding hydrogens is 331 g/mol. The van der Waals surface area contributed by atoms with Gasteiger partial charge in [-0.05, 0) is 18.6 Å². The lowest BCUT2D eigenvalue weighted by molar-refractivity contribution is -0.146. The summed E-state index contributed by atoms with van der Waals surface area (Å²) in [6.45, 7) is -0.761. The van der Waals surface area contributed by atoms with Crippen LogP contribution in [0.2, 0.25) is 0 Å². The summed E-state index contributed by atoms with van der Waals surface area (Å²) < 4.78 is 71.9. The van der Waals surface area contributed by atoms with Gasteiger partial charge in [-0.3, -0.25) is 4.98 Å². The van der Waals surface area contributed by atoms with Crippen molar-refractivity contribution >= 4 is 5.69 Å². The Bertz CT molecular complexity index is 771. The van der Waals surface area contributed by atoms with Gasteiger partial charge < -0.3 is 10.5 Å². The van der Waals surface area contributed by atoms with Gasteiger partial charge in [-0.25, -0.2) is 22.0 Å². The monoisotopic (exact) mass is 344 g/mol. The summed E-state index contributed by atoms with van der Waals surface area (Å²) in [5.41, 5.74) is 5.97. The molecule has 2 N–H and O–H groups in total. The van der Waals surface area contributed by atoms with E-state index >= 15 is 0 Å². The maximum atomic E-state index is 14.0.